The van der Waals surface area contributed by atoms with Crippen molar-refractivity contribution in [1.29, 1.82) is 0 Å². The maximum Gasteiger partial charge on any atom is 0.0275 e. The van der Waals surface area contributed by atoms with Gasteiger partial charge in [-0.15, -0.1) is 6.58 Å². The highest BCUT2D eigenvalue weighted by molar-refractivity contribution is 4.86. The van der Waals surface area contributed by atoms with Crippen molar-refractivity contribution < 1.29 is 0 Å². The van der Waals surface area contributed by atoms with Gasteiger partial charge in [-0.25, -0.2) is 0 Å². The first-order valence-corrected chi connectivity index (χ1v) is 10.2. The Balaban J connectivity index is 3.33. The van der Waals surface area contributed by atoms with Gasteiger partial charge in [-0.05, 0) is 19.5 Å². The molecule has 0 heterocycles. The Morgan fingerprint density at radius 1 is 0.682 bits per heavy atom. The molecule has 0 radical (unpaired) electrons. The predicted octanol–water partition coefficient (Wildman–Crippen LogP) is 6.97. The van der Waals surface area contributed by atoms with Gasteiger partial charge in [-0.2, -0.15) is 0 Å². The van der Waals surface area contributed by atoms with Crippen molar-refractivity contribution in [2.45, 2.75) is 110 Å². The molecular weight excluding hydrogens is 266 g/mol. The second-order valence-electron chi connectivity index (χ2n) is 6.70. The molecule has 132 valence electrons. The van der Waals surface area contributed by atoms with Crippen molar-refractivity contribution in [2.75, 3.05) is 13.1 Å². The van der Waals surface area contributed by atoms with E-state index in [1.54, 1.807) is 0 Å². The Morgan fingerprint density at radius 2 is 1.09 bits per heavy atom. The minimum absolute atomic E-state index is 0.595. The van der Waals surface area contributed by atoms with Gasteiger partial charge in [-0.3, -0.25) is 4.90 Å². The highest BCUT2D eigenvalue weighted by atomic mass is 15.1. The number of unbranched alkanes of at least 4 members (excludes halogenated alkanes) is 11. The van der Waals surface area contributed by atoms with E-state index in [-0.39, 0.29) is 0 Å². The maximum atomic E-state index is 4.01. The largest absolute Gasteiger partial charge is 0.297 e. The molecular formula is C21H43N. The van der Waals surface area contributed by atoms with Crippen LogP contribution in [0.5, 0.6) is 0 Å². The van der Waals surface area contributed by atoms with E-state index in [1.165, 1.54) is 83.5 Å². The average molecular weight is 310 g/mol. The van der Waals surface area contributed by atoms with Crippen molar-refractivity contribution in [3.63, 3.8) is 0 Å². The molecule has 0 N–H and O–H groups in total. The quantitative estimate of drug-likeness (QED) is 0.207. The van der Waals surface area contributed by atoms with Crippen molar-refractivity contribution in [1.82, 2.24) is 4.90 Å². The van der Waals surface area contributed by atoms with E-state index < -0.39 is 0 Å². The van der Waals surface area contributed by atoms with Gasteiger partial charge in [-0.1, -0.05) is 104 Å². The summed E-state index contributed by atoms with van der Waals surface area (Å²) in [7, 11) is 0. The second-order valence-corrected chi connectivity index (χ2v) is 6.70. The van der Waals surface area contributed by atoms with E-state index >= 15 is 0 Å². The van der Waals surface area contributed by atoms with Crippen LogP contribution in [0.4, 0.5) is 0 Å². The van der Waals surface area contributed by atoms with Crippen molar-refractivity contribution in [3.05, 3.63) is 12.7 Å². The Kier molecular flexibility index (Phi) is 16.8. The number of nitrogens with zero attached hydrogens (tertiary/aromatic N) is 1. The van der Waals surface area contributed by atoms with E-state index in [9.17, 15) is 0 Å². The van der Waals surface area contributed by atoms with Crippen LogP contribution in [0, 0.1) is 0 Å². The minimum Gasteiger partial charge on any atom is -0.297 e. The summed E-state index contributed by atoms with van der Waals surface area (Å²) in [5, 5.41) is 0. The first kappa shape index (κ1) is 21.7. The lowest BCUT2D eigenvalue weighted by Gasteiger charge is -2.26. The second kappa shape index (κ2) is 17.1. The molecule has 0 rings (SSSR count). The molecule has 0 aliphatic carbocycles. The van der Waals surface area contributed by atoms with Crippen LogP contribution >= 0.6 is 0 Å². The molecule has 0 aromatic heterocycles. The summed E-state index contributed by atoms with van der Waals surface area (Å²) in [4.78, 5) is 2.52. The molecule has 1 heteroatoms. The Bertz CT molecular complexity index is 220. The van der Waals surface area contributed by atoms with Crippen molar-refractivity contribution in [2.24, 2.45) is 0 Å². The Morgan fingerprint density at radius 3 is 1.45 bits per heavy atom. The molecule has 0 aromatic rings. The SMILES string of the molecule is C=CC(CCCCCCCCCCCCCC)N(CC)CC. The maximum absolute atomic E-state index is 4.01. The van der Waals surface area contributed by atoms with E-state index in [1.807, 2.05) is 0 Å². The fourth-order valence-corrected chi connectivity index (χ4v) is 3.34. The highest BCUT2D eigenvalue weighted by Crippen LogP contribution is 2.14. The zero-order valence-corrected chi connectivity index (χ0v) is 15.9. The van der Waals surface area contributed by atoms with Gasteiger partial charge in [0, 0.05) is 6.04 Å². The summed E-state index contributed by atoms with van der Waals surface area (Å²) in [5.41, 5.74) is 0. The van der Waals surface area contributed by atoms with Crippen LogP contribution in [0.25, 0.3) is 0 Å². The average Bonchev–Trinajstić information content (AvgIpc) is 2.55. The summed E-state index contributed by atoms with van der Waals surface area (Å²) in [6.07, 6.45) is 20.6. The van der Waals surface area contributed by atoms with Gasteiger partial charge >= 0.3 is 0 Å². The summed E-state index contributed by atoms with van der Waals surface area (Å²) in [6, 6.07) is 0.595. The molecule has 0 aliphatic heterocycles. The molecule has 22 heavy (non-hydrogen) atoms. The molecule has 0 saturated carbocycles. The molecule has 1 unspecified atom stereocenters. The topological polar surface area (TPSA) is 3.24 Å². The highest BCUT2D eigenvalue weighted by Gasteiger charge is 2.10. The first-order chi connectivity index (χ1) is 10.8. The number of likely N-dealkylation sites (N-methyl/N-ethyl adjacent to an activating group) is 1. The van der Waals surface area contributed by atoms with Gasteiger partial charge in [0.15, 0.2) is 0 Å². The van der Waals surface area contributed by atoms with Crippen LogP contribution < -0.4 is 0 Å². The standard InChI is InChI=1S/C21H43N/c1-5-9-10-11-12-13-14-15-16-17-18-19-20-21(6-2)22(7-3)8-4/h6,21H,2,5,7-20H2,1,3-4H3. The van der Waals surface area contributed by atoms with E-state index in [4.69, 9.17) is 0 Å². The lowest BCUT2D eigenvalue weighted by molar-refractivity contribution is 0.239. The third-order valence-electron chi connectivity index (χ3n) is 4.91. The third-order valence-corrected chi connectivity index (χ3v) is 4.91. The molecule has 0 aliphatic rings. The van der Waals surface area contributed by atoms with E-state index in [0.29, 0.717) is 6.04 Å². The van der Waals surface area contributed by atoms with Crippen LogP contribution in [0.3, 0.4) is 0 Å². The molecule has 0 saturated heterocycles. The Labute approximate surface area is 141 Å². The monoisotopic (exact) mass is 309 g/mol. The smallest absolute Gasteiger partial charge is 0.0275 e. The minimum atomic E-state index is 0.595. The molecule has 0 aromatic carbocycles. The van der Waals surface area contributed by atoms with Crippen LogP contribution in [-0.4, -0.2) is 24.0 Å². The molecule has 0 bridgehead atoms. The zero-order chi connectivity index (χ0) is 16.5. The van der Waals surface area contributed by atoms with E-state index in [0.717, 1.165) is 13.1 Å². The van der Waals surface area contributed by atoms with Gasteiger partial charge in [0.1, 0.15) is 0 Å². The zero-order valence-electron chi connectivity index (χ0n) is 15.9. The summed E-state index contributed by atoms with van der Waals surface area (Å²) in [6.45, 7) is 13.1. The fraction of sp³-hybridized carbons (Fsp3) is 0.905. The van der Waals surface area contributed by atoms with E-state index in [2.05, 4.69) is 38.3 Å². The van der Waals surface area contributed by atoms with Crippen molar-refractivity contribution >= 4 is 0 Å². The first-order valence-electron chi connectivity index (χ1n) is 10.2. The van der Waals surface area contributed by atoms with Gasteiger partial charge in [0.25, 0.3) is 0 Å². The van der Waals surface area contributed by atoms with Crippen LogP contribution in [-0.2, 0) is 0 Å². The van der Waals surface area contributed by atoms with Crippen molar-refractivity contribution in [3.8, 4) is 0 Å². The lowest BCUT2D eigenvalue weighted by atomic mass is 10.0. The van der Waals surface area contributed by atoms with Crippen LogP contribution in [0.15, 0.2) is 12.7 Å². The van der Waals surface area contributed by atoms with Crippen LogP contribution in [0.1, 0.15) is 104 Å². The summed E-state index contributed by atoms with van der Waals surface area (Å²) >= 11 is 0. The fourth-order valence-electron chi connectivity index (χ4n) is 3.34. The number of rotatable bonds is 17. The molecule has 1 nitrogen and oxygen atoms in total. The predicted molar refractivity (Wildman–Crippen MR) is 103 cm³/mol. The summed E-state index contributed by atoms with van der Waals surface area (Å²) in [5.74, 6) is 0. The lowest BCUT2D eigenvalue weighted by Crippen LogP contribution is -2.33. The molecule has 0 fully saturated rings. The normalized spacial score (nSPS) is 12.7. The van der Waals surface area contributed by atoms with Gasteiger partial charge in [0.2, 0.25) is 0 Å². The van der Waals surface area contributed by atoms with Gasteiger partial charge in [0.05, 0.1) is 0 Å². The summed E-state index contributed by atoms with van der Waals surface area (Å²) < 4.78 is 0. The van der Waals surface area contributed by atoms with Gasteiger partial charge < -0.3 is 0 Å². The van der Waals surface area contributed by atoms with Crippen LogP contribution in [0.2, 0.25) is 0 Å². The third kappa shape index (κ3) is 12.3. The Hall–Kier alpha value is -0.300. The molecule has 0 spiro atoms. The molecule has 1 atom stereocenters. The number of hydrogen-bond acceptors (Lipinski definition) is 1. The number of hydrogen-bond donors (Lipinski definition) is 0. The molecule has 0 amide bonds.